The molecule has 2 aromatic rings. The van der Waals surface area contributed by atoms with Crippen LogP contribution < -0.4 is 15.2 Å². The van der Waals surface area contributed by atoms with Crippen molar-refractivity contribution in [2.24, 2.45) is 5.73 Å². The lowest BCUT2D eigenvalue weighted by molar-refractivity contribution is 0.281. The molecule has 0 bridgehead atoms. The average Bonchev–Trinajstić information content (AvgIpc) is 2.44. The van der Waals surface area contributed by atoms with E-state index in [2.05, 4.69) is 15.9 Å². The van der Waals surface area contributed by atoms with Crippen LogP contribution in [0.15, 0.2) is 46.9 Å². The number of nitrogens with two attached hydrogens (primary N) is 1. The van der Waals surface area contributed by atoms with Crippen molar-refractivity contribution < 1.29 is 9.47 Å². The minimum Gasteiger partial charge on any atom is -0.493 e. The summed E-state index contributed by atoms with van der Waals surface area (Å²) in [6, 6.07) is 13.7. The summed E-state index contributed by atoms with van der Waals surface area (Å²) in [6.45, 7) is 0.901. The molecule has 19 heavy (non-hydrogen) atoms. The zero-order chi connectivity index (χ0) is 13.7. The van der Waals surface area contributed by atoms with Gasteiger partial charge in [-0.3, -0.25) is 0 Å². The van der Waals surface area contributed by atoms with Crippen LogP contribution in [0.25, 0.3) is 0 Å². The predicted octanol–water partition coefficient (Wildman–Crippen LogP) is 3.50. The summed E-state index contributed by atoms with van der Waals surface area (Å²) in [5, 5.41) is 0. The van der Waals surface area contributed by atoms with Crippen molar-refractivity contribution in [3.63, 3.8) is 0 Å². The zero-order valence-electron chi connectivity index (χ0n) is 10.7. The van der Waals surface area contributed by atoms with E-state index in [-0.39, 0.29) is 0 Å². The molecular weight excluding hydrogens is 306 g/mol. The van der Waals surface area contributed by atoms with Crippen molar-refractivity contribution in [1.29, 1.82) is 0 Å². The Kier molecular flexibility index (Phi) is 4.82. The number of hydrogen-bond donors (Lipinski definition) is 1. The number of ether oxygens (including phenoxy) is 2. The lowest BCUT2D eigenvalue weighted by Gasteiger charge is -2.14. The molecule has 0 aliphatic rings. The van der Waals surface area contributed by atoms with E-state index >= 15 is 0 Å². The molecular formula is C15H16BrNO2. The highest BCUT2D eigenvalue weighted by atomic mass is 79.9. The van der Waals surface area contributed by atoms with Crippen LogP contribution in [0.3, 0.4) is 0 Å². The first-order valence-electron chi connectivity index (χ1n) is 5.97. The molecule has 3 nitrogen and oxygen atoms in total. The number of methoxy groups -OCH3 is 1. The van der Waals surface area contributed by atoms with Gasteiger partial charge in [0.1, 0.15) is 6.61 Å². The summed E-state index contributed by atoms with van der Waals surface area (Å²) in [7, 11) is 1.63. The van der Waals surface area contributed by atoms with E-state index in [1.807, 2.05) is 42.5 Å². The van der Waals surface area contributed by atoms with E-state index < -0.39 is 0 Å². The second-order valence-corrected chi connectivity index (χ2v) is 4.99. The van der Waals surface area contributed by atoms with Gasteiger partial charge in [-0.25, -0.2) is 0 Å². The minimum atomic E-state index is 0.422. The first-order valence-corrected chi connectivity index (χ1v) is 6.77. The Bertz CT molecular complexity index is 535. The van der Waals surface area contributed by atoms with E-state index in [9.17, 15) is 0 Å². The van der Waals surface area contributed by atoms with Gasteiger partial charge in [0.05, 0.1) is 7.11 Å². The van der Waals surface area contributed by atoms with Gasteiger partial charge in [0, 0.05) is 16.6 Å². The topological polar surface area (TPSA) is 44.5 Å². The molecule has 0 aromatic heterocycles. The Hall–Kier alpha value is -1.52. The molecule has 0 atom stereocenters. The number of halogens is 1. The first-order chi connectivity index (χ1) is 9.24. The fourth-order valence-electron chi connectivity index (χ4n) is 1.83. The second kappa shape index (κ2) is 6.59. The van der Waals surface area contributed by atoms with Crippen molar-refractivity contribution in [2.75, 3.05) is 7.11 Å². The number of hydrogen-bond acceptors (Lipinski definition) is 3. The molecule has 0 heterocycles. The van der Waals surface area contributed by atoms with Crippen LogP contribution in [0, 0.1) is 0 Å². The van der Waals surface area contributed by atoms with Crippen LogP contribution >= 0.6 is 15.9 Å². The summed E-state index contributed by atoms with van der Waals surface area (Å²) in [6.07, 6.45) is 0. The summed E-state index contributed by atoms with van der Waals surface area (Å²) >= 11 is 3.44. The van der Waals surface area contributed by atoms with Crippen molar-refractivity contribution in [3.8, 4) is 11.5 Å². The van der Waals surface area contributed by atoms with Crippen LogP contribution in [0.5, 0.6) is 11.5 Å². The van der Waals surface area contributed by atoms with Gasteiger partial charge in [0.2, 0.25) is 0 Å². The Morgan fingerprint density at radius 1 is 1.16 bits per heavy atom. The third-order valence-corrected chi connectivity index (χ3v) is 3.27. The molecule has 0 amide bonds. The molecule has 100 valence electrons. The molecule has 4 heteroatoms. The summed E-state index contributed by atoms with van der Waals surface area (Å²) in [4.78, 5) is 0. The van der Waals surface area contributed by atoms with Gasteiger partial charge in [-0.2, -0.15) is 0 Å². The van der Waals surface area contributed by atoms with Gasteiger partial charge in [0.15, 0.2) is 11.5 Å². The lowest BCUT2D eigenvalue weighted by atomic mass is 10.2. The van der Waals surface area contributed by atoms with Crippen molar-refractivity contribution >= 4 is 15.9 Å². The molecule has 0 aliphatic heterocycles. The first kappa shape index (κ1) is 13.9. The maximum absolute atomic E-state index is 5.87. The SMILES string of the molecule is COc1cccc(CN)c1OCc1cccc(Br)c1. The summed E-state index contributed by atoms with van der Waals surface area (Å²) in [5.74, 6) is 1.42. The van der Waals surface area contributed by atoms with E-state index in [1.54, 1.807) is 7.11 Å². The molecule has 0 radical (unpaired) electrons. The van der Waals surface area contributed by atoms with Gasteiger partial charge in [-0.15, -0.1) is 0 Å². The molecule has 0 saturated carbocycles. The fourth-order valence-corrected chi connectivity index (χ4v) is 2.28. The molecule has 0 saturated heterocycles. The van der Waals surface area contributed by atoms with Crippen molar-refractivity contribution in [3.05, 3.63) is 58.1 Å². The third-order valence-electron chi connectivity index (χ3n) is 2.77. The molecule has 2 N–H and O–H groups in total. The molecule has 0 aliphatic carbocycles. The van der Waals surface area contributed by atoms with E-state index in [0.717, 1.165) is 15.6 Å². The molecule has 2 rings (SSSR count). The Balaban J connectivity index is 2.19. The maximum Gasteiger partial charge on any atom is 0.166 e. The Labute approximate surface area is 121 Å². The zero-order valence-corrected chi connectivity index (χ0v) is 12.3. The monoisotopic (exact) mass is 321 g/mol. The van der Waals surface area contributed by atoms with Crippen molar-refractivity contribution in [1.82, 2.24) is 0 Å². The Morgan fingerprint density at radius 3 is 2.63 bits per heavy atom. The standard InChI is InChI=1S/C15H16BrNO2/c1-18-14-7-3-5-12(9-17)15(14)19-10-11-4-2-6-13(16)8-11/h2-8H,9-10,17H2,1H3. The average molecular weight is 322 g/mol. The summed E-state index contributed by atoms with van der Waals surface area (Å²) < 4.78 is 12.2. The van der Waals surface area contributed by atoms with Crippen LogP contribution in [0.4, 0.5) is 0 Å². The summed E-state index contributed by atoms with van der Waals surface area (Å²) in [5.41, 5.74) is 7.75. The van der Waals surface area contributed by atoms with Gasteiger partial charge in [-0.05, 0) is 23.8 Å². The predicted molar refractivity (Wildman–Crippen MR) is 79.4 cm³/mol. The molecule has 2 aromatic carbocycles. The van der Waals surface area contributed by atoms with Crippen LogP contribution in [0.1, 0.15) is 11.1 Å². The highest BCUT2D eigenvalue weighted by Gasteiger charge is 2.09. The van der Waals surface area contributed by atoms with Gasteiger partial charge < -0.3 is 15.2 Å². The minimum absolute atomic E-state index is 0.422. The molecule has 0 fully saturated rings. The van der Waals surface area contributed by atoms with Crippen LogP contribution in [-0.2, 0) is 13.2 Å². The third kappa shape index (κ3) is 3.49. The van der Waals surface area contributed by atoms with Gasteiger partial charge >= 0.3 is 0 Å². The van der Waals surface area contributed by atoms with E-state index in [1.165, 1.54) is 0 Å². The molecule has 0 spiro atoms. The van der Waals surface area contributed by atoms with E-state index in [4.69, 9.17) is 15.2 Å². The molecule has 0 unspecified atom stereocenters. The van der Waals surface area contributed by atoms with Crippen LogP contribution in [0.2, 0.25) is 0 Å². The van der Waals surface area contributed by atoms with Crippen molar-refractivity contribution in [2.45, 2.75) is 13.2 Å². The van der Waals surface area contributed by atoms with Crippen LogP contribution in [-0.4, -0.2) is 7.11 Å². The number of para-hydroxylation sites is 1. The van der Waals surface area contributed by atoms with Gasteiger partial charge in [-0.1, -0.05) is 40.2 Å². The smallest absolute Gasteiger partial charge is 0.166 e. The number of rotatable bonds is 5. The highest BCUT2D eigenvalue weighted by molar-refractivity contribution is 9.10. The quantitative estimate of drug-likeness (QED) is 0.916. The van der Waals surface area contributed by atoms with Gasteiger partial charge in [0.25, 0.3) is 0 Å². The lowest BCUT2D eigenvalue weighted by Crippen LogP contribution is -2.04. The second-order valence-electron chi connectivity index (χ2n) is 4.07. The maximum atomic E-state index is 5.87. The van der Waals surface area contributed by atoms with E-state index in [0.29, 0.717) is 24.7 Å². The fraction of sp³-hybridized carbons (Fsp3) is 0.200. The number of benzene rings is 2. The highest BCUT2D eigenvalue weighted by Crippen LogP contribution is 2.31. The largest absolute Gasteiger partial charge is 0.493 e. The normalized spacial score (nSPS) is 10.3. The Morgan fingerprint density at radius 2 is 1.95 bits per heavy atom.